The van der Waals surface area contributed by atoms with Gasteiger partial charge in [-0.05, 0) is 63.3 Å². The summed E-state index contributed by atoms with van der Waals surface area (Å²) in [6.07, 6.45) is 2.92. The van der Waals surface area contributed by atoms with Gasteiger partial charge in [0.05, 0.1) is 0 Å². The number of H-pyrrole nitrogens is 1. The number of hydroxylamine groups is 1. The molecule has 0 spiro atoms. The van der Waals surface area contributed by atoms with E-state index in [-0.39, 0.29) is 44.5 Å². The fraction of sp³-hybridized carbons (Fsp3) is 0.565. The van der Waals surface area contributed by atoms with Crippen LogP contribution in [0.1, 0.15) is 45.1 Å². The lowest BCUT2D eigenvalue weighted by Gasteiger charge is -2.42. The molecule has 0 aliphatic carbocycles. The van der Waals surface area contributed by atoms with Gasteiger partial charge in [0.1, 0.15) is 11.9 Å². The van der Waals surface area contributed by atoms with E-state index in [0.717, 1.165) is 20.8 Å². The number of fused-ring (bicyclic) bond motifs is 1. The minimum Gasteiger partial charge on any atom is -0.361 e. The molecule has 2 aliphatic heterocycles. The van der Waals surface area contributed by atoms with E-state index in [2.05, 4.69) is 10.3 Å². The zero-order valence-electron chi connectivity index (χ0n) is 20.6. The Kier molecular flexibility index (Phi) is 7.28. The number of piperazine rings is 1. The van der Waals surface area contributed by atoms with Crippen molar-refractivity contribution >= 4 is 33.1 Å². The van der Waals surface area contributed by atoms with Crippen LogP contribution in [0.15, 0.2) is 24.4 Å². The van der Waals surface area contributed by atoms with Crippen LogP contribution in [0, 0.1) is 5.82 Å². The molecule has 4 rings (SSSR count). The summed E-state index contributed by atoms with van der Waals surface area (Å²) in [4.78, 5) is 29.6. The van der Waals surface area contributed by atoms with Gasteiger partial charge >= 0.3 is 6.03 Å². The summed E-state index contributed by atoms with van der Waals surface area (Å²) in [7, 11) is -4.05. The lowest BCUT2D eigenvalue weighted by molar-refractivity contribution is -0.134. The van der Waals surface area contributed by atoms with Crippen LogP contribution < -0.4 is 10.8 Å². The summed E-state index contributed by atoms with van der Waals surface area (Å²) in [6.45, 7) is 5.75. The van der Waals surface area contributed by atoms with Gasteiger partial charge in [0.15, 0.2) is 0 Å². The monoisotopic (exact) mass is 524 g/mol. The Bertz CT molecular complexity index is 1240. The van der Waals surface area contributed by atoms with E-state index in [1.807, 2.05) is 27.0 Å². The van der Waals surface area contributed by atoms with Gasteiger partial charge in [-0.3, -0.25) is 10.0 Å². The van der Waals surface area contributed by atoms with Crippen LogP contribution in [0.5, 0.6) is 0 Å². The fourth-order valence-electron chi connectivity index (χ4n) is 4.91. The van der Waals surface area contributed by atoms with E-state index < -0.39 is 33.7 Å². The quantitative estimate of drug-likeness (QED) is 0.357. The van der Waals surface area contributed by atoms with Gasteiger partial charge in [-0.15, -0.1) is 0 Å². The highest BCUT2D eigenvalue weighted by atomic mass is 32.2. The van der Waals surface area contributed by atoms with Gasteiger partial charge in [-0.1, -0.05) is 0 Å². The average molecular weight is 525 g/mol. The van der Waals surface area contributed by atoms with Crippen LogP contribution in [0.2, 0.25) is 0 Å². The second-order valence-electron chi connectivity index (χ2n) is 10.3. The van der Waals surface area contributed by atoms with Crippen molar-refractivity contribution in [2.45, 2.75) is 51.1 Å². The molecule has 2 saturated heterocycles. The molecule has 13 heteroatoms. The molecule has 0 unspecified atom stereocenters. The molecule has 3 heterocycles. The smallest absolute Gasteiger partial charge is 0.317 e. The van der Waals surface area contributed by atoms with Crippen LogP contribution in [-0.2, 0) is 15.0 Å². The van der Waals surface area contributed by atoms with Crippen LogP contribution >= 0.6 is 0 Å². The Hall–Kier alpha value is -2.74. The number of piperidine rings is 1. The molecule has 0 radical (unpaired) electrons. The van der Waals surface area contributed by atoms with Gasteiger partial charge in [0.25, 0.3) is 16.1 Å². The third-order valence-corrected chi connectivity index (χ3v) is 8.75. The standard InChI is InChI=1S/C23H33FN6O5S/c1-23(2,3)26-22(32)28-10-11-30(20(14-28)21(31)27-33)36(34,35)29-8-6-15(7-9-29)18-13-25-19-5-4-16(24)12-17(18)19/h4-5,12-13,15,20,25,33H,6-11,14H2,1-3H3,(H,26,32)(H,27,31)/t20-/m1/s1. The molecule has 0 saturated carbocycles. The number of hydrogen-bond acceptors (Lipinski definition) is 5. The average Bonchev–Trinajstić information content (AvgIpc) is 3.25. The number of amides is 3. The summed E-state index contributed by atoms with van der Waals surface area (Å²) in [5.41, 5.74) is 2.82. The van der Waals surface area contributed by atoms with Crippen molar-refractivity contribution < 1.29 is 27.6 Å². The highest BCUT2D eigenvalue weighted by molar-refractivity contribution is 7.86. The molecule has 3 amide bonds. The number of urea groups is 1. The van der Waals surface area contributed by atoms with Crippen molar-refractivity contribution in [1.82, 2.24) is 29.3 Å². The molecular formula is C23H33FN6O5S. The number of carbonyl (C=O) groups excluding carboxylic acids is 2. The summed E-state index contributed by atoms with van der Waals surface area (Å²) in [5, 5.41) is 12.9. The first-order valence-electron chi connectivity index (χ1n) is 11.9. The molecule has 198 valence electrons. The molecule has 1 atom stereocenters. The second kappa shape index (κ2) is 9.96. The predicted octanol–water partition coefficient (Wildman–Crippen LogP) is 1.73. The maximum atomic E-state index is 13.8. The minimum absolute atomic E-state index is 0.0569. The van der Waals surface area contributed by atoms with Gasteiger partial charge in [0, 0.05) is 55.4 Å². The normalized spacial score (nSPS) is 21.0. The Morgan fingerprint density at radius 3 is 2.47 bits per heavy atom. The van der Waals surface area contributed by atoms with Crippen LogP contribution in [0.4, 0.5) is 9.18 Å². The number of carbonyl (C=O) groups is 2. The Balaban J connectivity index is 1.47. The van der Waals surface area contributed by atoms with E-state index in [0.29, 0.717) is 12.8 Å². The summed E-state index contributed by atoms with van der Waals surface area (Å²) in [5.74, 6) is -1.17. The number of nitrogens with zero attached hydrogens (tertiary/aromatic N) is 3. The molecular weight excluding hydrogens is 491 g/mol. The zero-order valence-corrected chi connectivity index (χ0v) is 21.4. The molecule has 11 nitrogen and oxygen atoms in total. The van der Waals surface area contributed by atoms with Crippen LogP contribution in [0.25, 0.3) is 10.9 Å². The van der Waals surface area contributed by atoms with Crippen LogP contribution in [-0.4, -0.2) is 88.4 Å². The van der Waals surface area contributed by atoms with Crippen LogP contribution in [0.3, 0.4) is 0 Å². The Morgan fingerprint density at radius 1 is 1.14 bits per heavy atom. The number of benzene rings is 1. The number of halogens is 1. The first kappa shape index (κ1) is 26.3. The van der Waals surface area contributed by atoms with E-state index in [1.165, 1.54) is 26.8 Å². The lowest BCUT2D eigenvalue weighted by atomic mass is 9.90. The molecule has 2 aliphatic rings. The maximum Gasteiger partial charge on any atom is 0.317 e. The van der Waals surface area contributed by atoms with E-state index in [1.54, 1.807) is 6.07 Å². The molecule has 1 aromatic carbocycles. The van der Waals surface area contributed by atoms with Crippen molar-refractivity contribution in [1.29, 1.82) is 0 Å². The second-order valence-corrected chi connectivity index (χ2v) is 12.2. The number of aromatic nitrogens is 1. The van der Waals surface area contributed by atoms with Crippen molar-refractivity contribution in [3.05, 3.63) is 35.8 Å². The van der Waals surface area contributed by atoms with Gasteiger partial charge < -0.3 is 15.2 Å². The lowest BCUT2D eigenvalue weighted by Crippen LogP contribution is -2.65. The summed E-state index contributed by atoms with van der Waals surface area (Å²) < 4.78 is 43.3. The predicted molar refractivity (Wildman–Crippen MR) is 131 cm³/mol. The fourth-order valence-corrected chi connectivity index (χ4v) is 6.68. The number of nitrogens with one attached hydrogen (secondary N) is 3. The largest absolute Gasteiger partial charge is 0.361 e. The molecule has 1 aromatic heterocycles. The highest BCUT2D eigenvalue weighted by Gasteiger charge is 2.44. The molecule has 36 heavy (non-hydrogen) atoms. The third-order valence-electron chi connectivity index (χ3n) is 6.71. The van der Waals surface area contributed by atoms with Gasteiger partial charge in [-0.2, -0.15) is 17.0 Å². The third kappa shape index (κ3) is 5.33. The zero-order chi connectivity index (χ0) is 26.3. The highest BCUT2D eigenvalue weighted by Crippen LogP contribution is 2.35. The number of rotatable bonds is 4. The van der Waals surface area contributed by atoms with Crippen molar-refractivity contribution in [2.75, 3.05) is 32.7 Å². The SMILES string of the molecule is CC(C)(C)NC(=O)N1CCN(S(=O)(=O)N2CCC(c3c[nH]c4ccc(F)cc34)CC2)[C@@H](C(=O)NO)C1. The molecule has 2 aromatic rings. The number of aromatic amines is 1. The van der Waals surface area contributed by atoms with Gasteiger partial charge in [0.2, 0.25) is 0 Å². The summed E-state index contributed by atoms with van der Waals surface area (Å²) >= 11 is 0. The number of hydrogen-bond donors (Lipinski definition) is 4. The van der Waals surface area contributed by atoms with E-state index >= 15 is 0 Å². The molecule has 2 fully saturated rings. The van der Waals surface area contributed by atoms with E-state index in [9.17, 15) is 27.6 Å². The topological polar surface area (TPSA) is 138 Å². The van der Waals surface area contributed by atoms with Gasteiger partial charge in [-0.25, -0.2) is 14.7 Å². The maximum absolute atomic E-state index is 13.8. The first-order valence-corrected chi connectivity index (χ1v) is 13.3. The van der Waals surface area contributed by atoms with Crippen molar-refractivity contribution in [3.63, 3.8) is 0 Å². The summed E-state index contributed by atoms with van der Waals surface area (Å²) in [6, 6.07) is 2.88. The van der Waals surface area contributed by atoms with Crippen molar-refractivity contribution in [3.8, 4) is 0 Å². The minimum atomic E-state index is -4.05. The Labute approximate surface area is 209 Å². The molecule has 4 N–H and O–H groups in total. The first-order chi connectivity index (χ1) is 16.9. The van der Waals surface area contributed by atoms with E-state index in [4.69, 9.17) is 0 Å². The molecule has 0 bridgehead atoms. The Morgan fingerprint density at radius 2 is 1.83 bits per heavy atom. The van der Waals surface area contributed by atoms with Crippen molar-refractivity contribution in [2.24, 2.45) is 0 Å².